The lowest BCUT2D eigenvalue weighted by Crippen LogP contribution is -2.00. The summed E-state index contributed by atoms with van der Waals surface area (Å²) in [6.45, 7) is 0. The van der Waals surface area contributed by atoms with E-state index < -0.39 is 0 Å². The van der Waals surface area contributed by atoms with Gasteiger partial charge in [-0.1, -0.05) is 352 Å². The Morgan fingerprint density at radius 3 is 0.754 bits per heavy atom. The number of nitrogens with zero attached hydrogens (tertiary/aromatic N) is 4. The molecule has 0 aliphatic carbocycles. The normalized spacial score (nSPS) is 11.8. The Labute approximate surface area is 790 Å². The molecule has 8 heterocycles. The first-order valence-electron chi connectivity index (χ1n) is 46.4. The summed E-state index contributed by atoms with van der Waals surface area (Å²) in [6, 6.07) is 161. The maximum Gasteiger partial charge on any atom is 0.160 e. The van der Waals surface area contributed by atoms with Crippen LogP contribution in [0.25, 0.3) is 288 Å². The molecule has 10 nitrogen and oxygen atoms in total. The third-order valence-electron chi connectivity index (χ3n) is 27.1. The van der Waals surface area contributed by atoms with Gasteiger partial charge in [-0.15, -0.1) is 0 Å². The predicted octanol–water partition coefficient (Wildman–Crippen LogP) is 35.7. The van der Waals surface area contributed by atoms with Crippen LogP contribution in [0.5, 0.6) is 0 Å². The average molecular weight is 1770 g/mol. The van der Waals surface area contributed by atoms with Gasteiger partial charge in [-0.05, 0) is 182 Å². The zero-order chi connectivity index (χ0) is 90.8. The lowest BCUT2D eigenvalue weighted by molar-refractivity contribution is 0.668. The molecule has 20 aromatic carbocycles. The fraction of sp³-hybridized carbons (Fsp3) is 0. The van der Waals surface area contributed by atoms with Gasteiger partial charge in [0.15, 0.2) is 11.6 Å². The summed E-state index contributed by atoms with van der Waals surface area (Å²) >= 11 is 0. The van der Waals surface area contributed by atoms with Crippen LogP contribution in [-0.4, -0.2) is 19.9 Å². The van der Waals surface area contributed by atoms with Gasteiger partial charge in [-0.25, -0.2) is 19.9 Å². The number of benzene rings is 20. The first kappa shape index (κ1) is 79.1. The topological polar surface area (TPSA) is 130 Å². The van der Waals surface area contributed by atoms with E-state index in [2.05, 4.69) is 340 Å². The number of rotatable bonds is 14. The van der Waals surface area contributed by atoms with Gasteiger partial charge in [-0.2, -0.15) is 0 Å². The summed E-state index contributed by atoms with van der Waals surface area (Å²) < 4.78 is 39.7. The molecule has 0 saturated heterocycles. The van der Waals surface area contributed by atoms with Crippen LogP contribution in [0.1, 0.15) is 0 Å². The molecule has 0 spiro atoms. The van der Waals surface area contributed by atoms with E-state index in [1.54, 1.807) is 0 Å². The van der Waals surface area contributed by atoms with Crippen LogP contribution in [0.15, 0.2) is 488 Å². The molecule has 0 radical (unpaired) electrons. The third kappa shape index (κ3) is 13.7. The molecule has 0 bridgehead atoms. The summed E-state index contributed by atoms with van der Waals surface area (Å²) in [7, 11) is 0. The Hall–Kier alpha value is -18.6. The highest BCUT2D eigenvalue weighted by Gasteiger charge is 2.29. The molecule has 0 aliphatic heterocycles. The van der Waals surface area contributed by atoms with Crippen LogP contribution in [0.4, 0.5) is 0 Å². The van der Waals surface area contributed by atoms with Crippen LogP contribution in [0.3, 0.4) is 0 Å². The Balaban J connectivity index is 0.000000139. The Bertz CT molecular complexity index is 9440. The maximum atomic E-state index is 6.90. The number of hydrogen-bond acceptors (Lipinski definition) is 10. The molecular weight excluding hydrogens is 1690 g/mol. The monoisotopic (exact) mass is 1760 g/mol. The summed E-state index contributed by atoms with van der Waals surface area (Å²) in [5.74, 6) is 1.26. The van der Waals surface area contributed by atoms with Crippen molar-refractivity contribution in [1.29, 1.82) is 0 Å². The Kier molecular flexibility index (Phi) is 18.7. The largest absolute Gasteiger partial charge is 0.456 e. The second kappa shape index (κ2) is 32.7. The summed E-state index contributed by atoms with van der Waals surface area (Å²) in [5.41, 5.74) is 35.4. The molecule has 0 N–H and O–H groups in total. The first-order chi connectivity index (χ1) is 68.3. The van der Waals surface area contributed by atoms with Gasteiger partial charge in [0.1, 0.15) is 67.0 Å². The summed E-state index contributed by atoms with van der Waals surface area (Å²) in [6.07, 6.45) is 0. The quantitative estimate of drug-likeness (QED) is 0.104. The van der Waals surface area contributed by atoms with Crippen molar-refractivity contribution in [3.8, 4) is 157 Å². The fourth-order valence-electron chi connectivity index (χ4n) is 20.4. The molecule has 0 aliphatic rings. The molecule has 8 aromatic heterocycles. The lowest BCUT2D eigenvalue weighted by Gasteiger charge is -2.20. The van der Waals surface area contributed by atoms with Crippen molar-refractivity contribution in [2.45, 2.75) is 0 Å². The third-order valence-corrected chi connectivity index (χ3v) is 27.1. The van der Waals surface area contributed by atoms with Gasteiger partial charge in [0.25, 0.3) is 0 Å². The van der Waals surface area contributed by atoms with Gasteiger partial charge < -0.3 is 26.5 Å². The van der Waals surface area contributed by atoms with E-state index in [1.807, 2.05) is 121 Å². The summed E-state index contributed by atoms with van der Waals surface area (Å²) in [5, 5.41) is 12.7. The molecule has 0 unspecified atom stereocenters. The highest BCUT2D eigenvalue weighted by Crippen LogP contribution is 2.53. The van der Waals surface area contributed by atoms with Crippen molar-refractivity contribution in [3.63, 3.8) is 0 Å². The standard InChI is InChI=1S/2C64H38N2O3/c1-3-16-39(17-4-1)40-32-34-41(35-33-40)55-38-56(66-64(65-55)42-18-5-2-6-19-42)60-53(51-27-14-25-49-46-21-8-11-30-58(46)68-62(49)51)36-43(44-23-13-24-48-45-20-7-10-29-57(45)67-61(44)48)37-54(60)52-28-15-26-50-47-22-9-12-31-59(47)69-63(50)52;1-3-13-39(14-4-1)40-23-25-41(26-24-40)55-38-56(66-64(65-55)42-15-5-2-6-16-42)63-50(44-28-31-61-53(34-44)48-18-8-11-21-58(48)68-61)36-46(43-27-30-60-52(33-43)47-17-7-10-20-57(47)67-60)37-51(63)45-29-32-62-54(35-45)49-19-9-12-22-59(49)69-62/h2*1-38H. The lowest BCUT2D eigenvalue weighted by atomic mass is 9.85. The zero-order valence-electron chi connectivity index (χ0n) is 74.1. The molecule has 0 fully saturated rings. The smallest absolute Gasteiger partial charge is 0.160 e. The number of furan rings is 6. The van der Waals surface area contributed by atoms with Crippen molar-refractivity contribution < 1.29 is 26.5 Å². The van der Waals surface area contributed by atoms with Crippen LogP contribution in [0, 0.1) is 0 Å². The molecular formula is C128H76N4O6. The van der Waals surface area contributed by atoms with Crippen LogP contribution in [-0.2, 0) is 0 Å². The van der Waals surface area contributed by atoms with Crippen molar-refractivity contribution in [3.05, 3.63) is 461 Å². The minimum Gasteiger partial charge on any atom is -0.456 e. The van der Waals surface area contributed by atoms with Crippen molar-refractivity contribution in [2.75, 3.05) is 0 Å². The second-order valence-corrected chi connectivity index (χ2v) is 35.2. The van der Waals surface area contributed by atoms with Crippen molar-refractivity contribution in [1.82, 2.24) is 19.9 Å². The SMILES string of the molecule is c1ccc(-c2ccc(-c3cc(-c4c(-c5ccc6oc7ccccc7c6c5)cc(-c5ccc6oc7ccccc7c6c5)cc4-c4ccc5oc6ccccc6c5c4)nc(-c4ccccc4)n3)cc2)cc1.c1ccc(-c2ccc(-c3cc(-c4c(-c5cccc6c5oc5ccccc56)cc(-c5cccc6c5oc5ccccc56)cc4-c4cccc5c4oc4ccccc45)nc(-c4ccccc4)n3)cc2)cc1. The van der Waals surface area contributed by atoms with E-state index in [0.717, 1.165) is 277 Å². The number of hydrogen-bond donors (Lipinski definition) is 0. The van der Waals surface area contributed by atoms with E-state index in [-0.39, 0.29) is 0 Å². The fourth-order valence-corrected chi connectivity index (χ4v) is 20.4. The Morgan fingerprint density at radius 1 is 0.123 bits per heavy atom. The van der Waals surface area contributed by atoms with Gasteiger partial charge in [0.05, 0.1) is 22.8 Å². The van der Waals surface area contributed by atoms with Crippen molar-refractivity contribution in [2.24, 2.45) is 0 Å². The molecule has 644 valence electrons. The number of para-hydroxylation sites is 9. The number of aromatic nitrogens is 4. The molecule has 28 rings (SSSR count). The molecule has 0 amide bonds. The van der Waals surface area contributed by atoms with E-state index in [1.165, 1.54) is 0 Å². The predicted molar refractivity (Wildman–Crippen MR) is 564 cm³/mol. The van der Waals surface area contributed by atoms with Gasteiger partial charge in [-0.3, -0.25) is 0 Å². The van der Waals surface area contributed by atoms with Crippen molar-refractivity contribution >= 4 is 132 Å². The van der Waals surface area contributed by atoms with E-state index in [9.17, 15) is 0 Å². The highest BCUT2D eigenvalue weighted by molar-refractivity contribution is 6.18. The van der Waals surface area contributed by atoms with Crippen LogP contribution in [0.2, 0.25) is 0 Å². The van der Waals surface area contributed by atoms with E-state index >= 15 is 0 Å². The summed E-state index contributed by atoms with van der Waals surface area (Å²) in [4.78, 5) is 21.8. The minimum atomic E-state index is 0.618. The van der Waals surface area contributed by atoms with Crippen LogP contribution >= 0.6 is 0 Å². The molecule has 138 heavy (non-hydrogen) atoms. The molecule has 10 heteroatoms. The van der Waals surface area contributed by atoms with Gasteiger partial charge in [0, 0.05) is 115 Å². The second-order valence-electron chi connectivity index (χ2n) is 35.2. The molecule has 0 atom stereocenters. The first-order valence-corrected chi connectivity index (χ1v) is 46.4. The number of fused-ring (bicyclic) bond motifs is 18. The van der Waals surface area contributed by atoms with E-state index in [4.69, 9.17) is 46.4 Å². The average Bonchev–Trinajstić information content (AvgIpc) is 1.46. The highest BCUT2D eigenvalue weighted by atomic mass is 16.3. The zero-order valence-corrected chi connectivity index (χ0v) is 74.1. The molecule has 0 saturated carbocycles. The molecule has 28 aromatic rings. The van der Waals surface area contributed by atoms with E-state index in [0.29, 0.717) is 11.6 Å². The Morgan fingerprint density at radius 2 is 0.377 bits per heavy atom. The van der Waals surface area contributed by atoms with Gasteiger partial charge in [0.2, 0.25) is 0 Å². The minimum absolute atomic E-state index is 0.618. The van der Waals surface area contributed by atoms with Crippen LogP contribution < -0.4 is 0 Å². The van der Waals surface area contributed by atoms with Gasteiger partial charge >= 0.3 is 0 Å². The maximum absolute atomic E-state index is 6.90.